The molecular formula is C23H25N3. The molecule has 0 radical (unpaired) electrons. The van der Waals surface area contributed by atoms with Crippen molar-refractivity contribution < 1.29 is 0 Å². The van der Waals surface area contributed by atoms with Gasteiger partial charge in [-0.3, -0.25) is 4.98 Å². The standard InChI is InChI=1S/C23H25N3/c1-14(2)22-9-15(3)21(13-24-22)19-8-7-18-11-23(25-12-20(18)10-19)26-16(4)17-5-6-17/h7-14,17H,4-6H2,1-3H3,(H,25,26). The molecule has 1 aliphatic rings. The van der Waals surface area contributed by atoms with Gasteiger partial charge in [0.05, 0.1) is 0 Å². The normalized spacial score (nSPS) is 14.0. The van der Waals surface area contributed by atoms with E-state index in [1.807, 2.05) is 12.4 Å². The second-order valence-corrected chi connectivity index (χ2v) is 7.63. The largest absolute Gasteiger partial charge is 0.344 e. The number of anilines is 1. The molecule has 0 aliphatic heterocycles. The molecule has 1 aliphatic carbocycles. The Morgan fingerprint density at radius 2 is 1.88 bits per heavy atom. The molecule has 2 heterocycles. The first-order valence-electron chi connectivity index (χ1n) is 9.34. The number of aromatic nitrogens is 2. The van der Waals surface area contributed by atoms with Crippen molar-refractivity contribution in [3.05, 3.63) is 66.3 Å². The third kappa shape index (κ3) is 3.34. The number of rotatable bonds is 5. The quantitative estimate of drug-likeness (QED) is 0.611. The molecule has 0 unspecified atom stereocenters. The first-order chi connectivity index (χ1) is 12.5. The van der Waals surface area contributed by atoms with Gasteiger partial charge in [-0.15, -0.1) is 0 Å². The zero-order valence-corrected chi connectivity index (χ0v) is 15.7. The smallest absolute Gasteiger partial charge is 0.130 e. The fraction of sp³-hybridized carbons (Fsp3) is 0.304. The third-order valence-corrected chi connectivity index (χ3v) is 5.11. The molecule has 3 aromatic rings. The summed E-state index contributed by atoms with van der Waals surface area (Å²) in [6.45, 7) is 10.6. The van der Waals surface area contributed by atoms with Crippen molar-refractivity contribution in [1.82, 2.24) is 9.97 Å². The maximum absolute atomic E-state index is 4.63. The lowest BCUT2D eigenvalue weighted by atomic mass is 9.98. The predicted octanol–water partition coefficient (Wildman–Crippen LogP) is 6.06. The van der Waals surface area contributed by atoms with E-state index < -0.39 is 0 Å². The molecule has 0 atom stereocenters. The summed E-state index contributed by atoms with van der Waals surface area (Å²) in [7, 11) is 0. The van der Waals surface area contributed by atoms with E-state index in [1.54, 1.807) is 0 Å². The van der Waals surface area contributed by atoms with Crippen molar-refractivity contribution in [2.75, 3.05) is 5.32 Å². The fourth-order valence-electron chi connectivity index (χ4n) is 3.27. The van der Waals surface area contributed by atoms with E-state index in [4.69, 9.17) is 0 Å². The second-order valence-electron chi connectivity index (χ2n) is 7.63. The number of hydrogen-bond donors (Lipinski definition) is 1. The molecule has 1 saturated carbocycles. The van der Waals surface area contributed by atoms with Gasteiger partial charge in [0.1, 0.15) is 5.82 Å². The predicted molar refractivity (Wildman–Crippen MR) is 109 cm³/mol. The van der Waals surface area contributed by atoms with Gasteiger partial charge in [-0.25, -0.2) is 4.98 Å². The number of aryl methyl sites for hydroxylation is 1. The van der Waals surface area contributed by atoms with Gasteiger partial charge >= 0.3 is 0 Å². The summed E-state index contributed by atoms with van der Waals surface area (Å²) in [6, 6.07) is 10.8. The minimum absolute atomic E-state index is 0.444. The molecule has 0 saturated heterocycles. The topological polar surface area (TPSA) is 37.8 Å². The summed E-state index contributed by atoms with van der Waals surface area (Å²) < 4.78 is 0. The summed E-state index contributed by atoms with van der Waals surface area (Å²) in [5, 5.41) is 5.67. The molecule has 0 bridgehead atoms. The van der Waals surface area contributed by atoms with Crippen molar-refractivity contribution in [2.24, 2.45) is 5.92 Å². The number of allylic oxidation sites excluding steroid dienone is 1. The van der Waals surface area contributed by atoms with Gasteiger partial charge < -0.3 is 5.32 Å². The lowest BCUT2D eigenvalue weighted by Crippen LogP contribution is -2.01. The van der Waals surface area contributed by atoms with Crippen LogP contribution in [0, 0.1) is 12.8 Å². The Morgan fingerprint density at radius 1 is 1.08 bits per heavy atom. The van der Waals surface area contributed by atoms with Crippen LogP contribution in [0.3, 0.4) is 0 Å². The summed E-state index contributed by atoms with van der Waals surface area (Å²) in [4.78, 5) is 9.19. The highest BCUT2D eigenvalue weighted by atomic mass is 15.0. The number of nitrogens with one attached hydrogen (secondary N) is 1. The maximum atomic E-state index is 4.63. The van der Waals surface area contributed by atoms with Crippen LogP contribution in [0.15, 0.2) is 55.0 Å². The van der Waals surface area contributed by atoms with E-state index in [0.717, 1.165) is 22.6 Å². The number of pyridine rings is 2. The Hall–Kier alpha value is -2.68. The van der Waals surface area contributed by atoms with Crippen molar-refractivity contribution in [3.8, 4) is 11.1 Å². The number of hydrogen-bond acceptors (Lipinski definition) is 3. The third-order valence-electron chi connectivity index (χ3n) is 5.11. The van der Waals surface area contributed by atoms with E-state index in [9.17, 15) is 0 Å². The minimum atomic E-state index is 0.444. The lowest BCUT2D eigenvalue weighted by Gasteiger charge is -2.12. The Bertz CT molecular complexity index is 984. The number of fused-ring (bicyclic) bond motifs is 1. The van der Waals surface area contributed by atoms with Crippen LogP contribution in [0.4, 0.5) is 5.82 Å². The molecule has 0 spiro atoms. The molecule has 1 fully saturated rings. The van der Waals surface area contributed by atoms with Gasteiger partial charge in [-0.2, -0.15) is 0 Å². The SMILES string of the molecule is C=C(Nc1cc2ccc(-c3cnc(C(C)C)cc3C)cc2cn1)C1CC1. The van der Waals surface area contributed by atoms with Crippen LogP contribution in [0.1, 0.15) is 43.9 Å². The van der Waals surface area contributed by atoms with E-state index >= 15 is 0 Å². The second kappa shape index (κ2) is 6.56. The molecule has 1 aromatic carbocycles. The van der Waals surface area contributed by atoms with Crippen LogP contribution in [0.2, 0.25) is 0 Å². The highest BCUT2D eigenvalue weighted by Gasteiger charge is 2.24. The van der Waals surface area contributed by atoms with Crippen LogP contribution in [-0.4, -0.2) is 9.97 Å². The Labute approximate surface area is 155 Å². The summed E-state index contributed by atoms with van der Waals surface area (Å²) in [6.07, 6.45) is 6.42. The number of nitrogens with zero attached hydrogens (tertiary/aromatic N) is 2. The summed E-state index contributed by atoms with van der Waals surface area (Å²) in [5.41, 5.74) is 5.85. The first-order valence-corrected chi connectivity index (χ1v) is 9.34. The van der Waals surface area contributed by atoms with Crippen LogP contribution in [0.5, 0.6) is 0 Å². The molecule has 26 heavy (non-hydrogen) atoms. The molecule has 4 rings (SSSR count). The molecular weight excluding hydrogens is 318 g/mol. The lowest BCUT2D eigenvalue weighted by molar-refractivity contribution is 0.821. The highest BCUT2D eigenvalue weighted by Crippen LogP contribution is 2.36. The number of benzene rings is 1. The Kier molecular flexibility index (Phi) is 4.23. The van der Waals surface area contributed by atoms with Crippen molar-refractivity contribution >= 4 is 16.6 Å². The Morgan fingerprint density at radius 3 is 2.58 bits per heavy atom. The van der Waals surface area contributed by atoms with Crippen molar-refractivity contribution in [3.63, 3.8) is 0 Å². The Balaban J connectivity index is 1.64. The average Bonchev–Trinajstić information content (AvgIpc) is 3.46. The molecule has 3 heteroatoms. The summed E-state index contributed by atoms with van der Waals surface area (Å²) >= 11 is 0. The monoisotopic (exact) mass is 343 g/mol. The molecule has 3 nitrogen and oxygen atoms in total. The van der Waals surface area contributed by atoms with E-state index in [-0.39, 0.29) is 0 Å². The van der Waals surface area contributed by atoms with Gasteiger partial charge in [-0.1, -0.05) is 32.6 Å². The molecule has 1 N–H and O–H groups in total. The van der Waals surface area contributed by atoms with Gasteiger partial charge in [0.25, 0.3) is 0 Å². The first kappa shape index (κ1) is 16.8. The summed E-state index contributed by atoms with van der Waals surface area (Å²) in [5.74, 6) is 1.94. The highest BCUT2D eigenvalue weighted by molar-refractivity contribution is 5.88. The van der Waals surface area contributed by atoms with Crippen LogP contribution in [0.25, 0.3) is 21.9 Å². The van der Waals surface area contributed by atoms with Crippen LogP contribution in [-0.2, 0) is 0 Å². The van der Waals surface area contributed by atoms with Crippen LogP contribution < -0.4 is 5.32 Å². The maximum Gasteiger partial charge on any atom is 0.130 e. The molecule has 132 valence electrons. The average molecular weight is 343 g/mol. The molecule has 2 aromatic heterocycles. The van der Waals surface area contributed by atoms with E-state index in [1.165, 1.54) is 34.9 Å². The zero-order valence-electron chi connectivity index (χ0n) is 15.7. The van der Waals surface area contributed by atoms with E-state index in [2.05, 4.69) is 73.0 Å². The van der Waals surface area contributed by atoms with Gasteiger partial charge in [0.2, 0.25) is 0 Å². The minimum Gasteiger partial charge on any atom is -0.344 e. The van der Waals surface area contributed by atoms with Crippen LogP contribution >= 0.6 is 0 Å². The van der Waals surface area contributed by atoms with Gasteiger partial charge in [0.15, 0.2) is 0 Å². The van der Waals surface area contributed by atoms with Crippen molar-refractivity contribution in [1.29, 1.82) is 0 Å². The zero-order chi connectivity index (χ0) is 18.3. The molecule has 0 amide bonds. The van der Waals surface area contributed by atoms with E-state index in [0.29, 0.717) is 11.8 Å². The van der Waals surface area contributed by atoms with Crippen molar-refractivity contribution in [2.45, 2.75) is 39.5 Å². The fourth-order valence-corrected chi connectivity index (χ4v) is 3.27. The van der Waals surface area contributed by atoms with Gasteiger partial charge in [-0.05, 0) is 66.3 Å². The van der Waals surface area contributed by atoms with Gasteiger partial charge in [0, 0.05) is 34.7 Å².